The van der Waals surface area contributed by atoms with Crippen LogP contribution < -0.4 is 15.4 Å². The van der Waals surface area contributed by atoms with Crippen molar-refractivity contribution in [2.45, 2.75) is 13.3 Å². The summed E-state index contributed by atoms with van der Waals surface area (Å²) in [7, 11) is 1.60. The van der Waals surface area contributed by atoms with Crippen LogP contribution in [0.3, 0.4) is 0 Å². The van der Waals surface area contributed by atoms with E-state index in [1.165, 1.54) is 0 Å². The fraction of sp³-hybridized carbons (Fsp3) is 0.190. The van der Waals surface area contributed by atoms with E-state index in [-0.39, 0.29) is 5.91 Å². The first-order chi connectivity index (χ1) is 13.5. The van der Waals surface area contributed by atoms with Crippen molar-refractivity contribution in [3.8, 4) is 5.75 Å². The van der Waals surface area contributed by atoms with Crippen LogP contribution in [-0.4, -0.2) is 29.5 Å². The minimum atomic E-state index is -0.298. The van der Waals surface area contributed by atoms with E-state index < -0.39 is 0 Å². The Balaban J connectivity index is 1.63. The van der Waals surface area contributed by atoms with Crippen LogP contribution in [0.1, 0.15) is 21.7 Å². The maximum Gasteiger partial charge on any atom is 0.274 e. The van der Waals surface area contributed by atoms with Crippen molar-refractivity contribution >= 4 is 29.1 Å². The Morgan fingerprint density at radius 1 is 1.11 bits per heavy atom. The molecule has 2 aromatic carbocycles. The van der Waals surface area contributed by atoms with Gasteiger partial charge in [0.25, 0.3) is 5.91 Å². The number of rotatable bonds is 7. The number of aromatic nitrogens is 2. The second-order valence-corrected chi connectivity index (χ2v) is 6.64. The molecule has 1 amide bonds. The summed E-state index contributed by atoms with van der Waals surface area (Å²) in [5, 5.41) is 6.70. The summed E-state index contributed by atoms with van der Waals surface area (Å²) in [4.78, 5) is 21.2. The van der Waals surface area contributed by atoms with Gasteiger partial charge < -0.3 is 15.4 Å². The molecule has 7 heteroatoms. The van der Waals surface area contributed by atoms with Crippen molar-refractivity contribution in [2.24, 2.45) is 0 Å². The number of hydrogen-bond donors (Lipinski definition) is 2. The van der Waals surface area contributed by atoms with Gasteiger partial charge in [-0.05, 0) is 61.4 Å². The van der Waals surface area contributed by atoms with Gasteiger partial charge in [0.1, 0.15) is 11.4 Å². The van der Waals surface area contributed by atoms with Gasteiger partial charge in [-0.1, -0.05) is 23.7 Å². The van der Waals surface area contributed by atoms with Crippen molar-refractivity contribution < 1.29 is 9.53 Å². The molecule has 3 rings (SSSR count). The van der Waals surface area contributed by atoms with Crippen molar-refractivity contribution in [3.05, 3.63) is 76.6 Å². The number of benzene rings is 2. The first kappa shape index (κ1) is 19.6. The third kappa shape index (κ3) is 5.44. The SMILES string of the molecule is COc1ccc(NC(=O)c2cc(C)nc(NCCc3cccc(Cl)c3)n2)cc1. The predicted octanol–water partition coefficient (Wildman–Crippen LogP) is 4.35. The summed E-state index contributed by atoms with van der Waals surface area (Å²) in [6, 6.07) is 16.5. The molecular weight excluding hydrogens is 376 g/mol. The van der Waals surface area contributed by atoms with Gasteiger partial charge in [0.05, 0.1) is 7.11 Å². The number of nitrogens with zero attached hydrogens (tertiary/aromatic N) is 2. The van der Waals surface area contributed by atoms with Gasteiger partial charge >= 0.3 is 0 Å². The number of halogens is 1. The second-order valence-electron chi connectivity index (χ2n) is 6.21. The molecule has 3 aromatic rings. The van der Waals surface area contributed by atoms with Gasteiger partial charge in [-0.25, -0.2) is 9.97 Å². The zero-order chi connectivity index (χ0) is 19.9. The minimum Gasteiger partial charge on any atom is -0.497 e. The number of ether oxygens (including phenoxy) is 1. The Labute approximate surface area is 168 Å². The number of methoxy groups -OCH3 is 1. The quantitative estimate of drug-likeness (QED) is 0.620. The Bertz CT molecular complexity index is 961. The van der Waals surface area contributed by atoms with Crippen LogP contribution in [0.15, 0.2) is 54.6 Å². The average molecular weight is 397 g/mol. The van der Waals surface area contributed by atoms with E-state index in [2.05, 4.69) is 20.6 Å². The number of anilines is 2. The van der Waals surface area contributed by atoms with Crippen LogP contribution in [0.4, 0.5) is 11.6 Å². The van der Waals surface area contributed by atoms with E-state index in [1.807, 2.05) is 31.2 Å². The summed E-state index contributed by atoms with van der Waals surface area (Å²) in [6.45, 7) is 2.46. The monoisotopic (exact) mass is 396 g/mol. The Hall–Kier alpha value is -3.12. The molecule has 0 fully saturated rings. The number of carbonyl (C=O) groups is 1. The lowest BCUT2D eigenvalue weighted by Crippen LogP contribution is -2.16. The minimum absolute atomic E-state index is 0.298. The molecular formula is C21H21ClN4O2. The van der Waals surface area contributed by atoms with Crippen LogP contribution in [0.25, 0.3) is 0 Å². The molecule has 0 radical (unpaired) electrons. The van der Waals surface area contributed by atoms with Crippen molar-refractivity contribution in [1.29, 1.82) is 0 Å². The molecule has 28 heavy (non-hydrogen) atoms. The molecule has 0 bridgehead atoms. The molecule has 144 valence electrons. The zero-order valence-electron chi connectivity index (χ0n) is 15.7. The highest BCUT2D eigenvalue weighted by molar-refractivity contribution is 6.30. The molecule has 1 heterocycles. The van der Waals surface area contributed by atoms with Gasteiger partial charge in [0, 0.05) is 22.9 Å². The van der Waals surface area contributed by atoms with Crippen LogP contribution >= 0.6 is 11.6 Å². The smallest absolute Gasteiger partial charge is 0.274 e. The Morgan fingerprint density at radius 2 is 1.89 bits per heavy atom. The lowest BCUT2D eigenvalue weighted by molar-refractivity contribution is 0.102. The summed E-state index contributed by atoms with van der Waals surface area (Å²) in [5.74, 6) is 0.845. The Kier molecular flexibility index (Phi) is 6.45. The fourth-order valence-electron chi connectivity index (χ4n) is 2.64. The third-order valence-electron chi connectivity index (χ3n) is 4.02. The summed E-state index contributed by atoms with van der Waals surface area (Å²) in [6.07, 6.45) is 0.769. The van der Waals surface area contributed by atoms with E-state index in [0.717, 1.165) is 17.7 Å². The van der Waals surface area contributed by atoms with Gasteiger partial charge in [0.15, 0.2) is 0 Å². The highest BCUT2D eigenvalue weighted by Gasteiger charge is 2.11. The van der Waals surface area contributed by atoms with Crippen LogP contribution in [0.2, 0.25) is 5.02 Å². The first-order valence-corrected chi connectivity index (χ1v) is 9.21. The maximum absolute atomic E-state index is 12.5. The number of hydrogen-bond acceptors (Lipinski definition) is 5. The number of aryl methyl sites for hydroxylation is 1. The molecule has 0 saturated heterocycles. The summed E-state index contributed by atoms with van der Waals surface area (Å²) in [5.41, 5.74) is 2.79. The summed E-state index contributed by atoms with van der Waals surface area (Å²) >= 11 is 6.00. The van der Waals surface area contributed by atoms with Crippen LogP contribution in [-0.2, 0) is 6.42 Å². The zero-order valence-corrected chi connectivity index (χ0v) is 16.5. The maximum atomic E-state index is 12.5. The Morgan fingerprint density at radius 3 is 2.61 bits per heavy atom. The molecule has 0 aliphatic carbocycles. The highest BCUT2D eigenvalue weighted by Crippen LogP contribution is 2.16. The number of carbonyl (C=O) groups excluding carboxylic acids is 1. The topological polar surface area (TPSA) is 76.1 Å². The van der Waals surface area contributed by atoms with Crippen LogP contribution in [0, 0.1) is 6.92 Å². The lowest BCUT2D eigenvalue weighted by Gasteiger charge is -2.09. The number of amides is 1. The second kappa shape index (κ2) is 9.19. The largest absolute Gasteiger partial charge is 0.497 e. The number of nitrogens with one attached hydrogen (secondary N) is 2. The van der Waals surface area contributed by atoms with E-state index in [4.69, 9.17) is 16.3 Å². The average Bonchev–Trinajstić information content (AvgIpc) is 2.68. The van der Waals surface area contributed by atoms with Crippen molar-refractivity contribution in [2.75, 3.05) is 24.3 Å². The van der Waals surface area contributed by atoms with E-state index in [9.17, 15) is 4.79 Å². The molecule has 0 aliphatic heterocycles. The molecule has 0 saturated carbocycles. The van der Waals surface area contributed by atoms with Gasteiger partial charge in [-0.2, -0.15) is 0 Å². The van der Waals surface area contributed by atoms with Gasteiger partial charge in [0.2, 0.25) is 5.95 Å². The van der Waals surface area contributed by atoms with Gasteiger partial charge in [-0.15, -0.1) is 0 Å². The summed E-state index contributed by atoms with van der Waals surface area (Å²) < 4.78 is 5.12. The standard InChI is InChI=1S/C21H21ClN4O2/c1-14-12-19(20(27)25-17-6-8-18(28-2)9-7-17)26-21(24-14)23-11-10-15-4-3-5-16(22)13-15/h3-9,12-13H,10-11H2,1-2H3,(H,25,27)(H,23,24,26). The van der Waals surface area contributed by atoms with Crippen LogP contribution in [0.5, 0.6) is 5.75 Å². The van der Waals surface area contributed by atoms with E-state index in [1.54, 1.807) is 37.4 Å². The molecule has 0 atom stereocenters. The molecule has 0 aliphatic rings. The van der Waals surface area contributed by atoms with Gasteiger partial charge in [-0.3, -0.25) is 4.79 Å². The normalized spacial score (nSPS) is 10.4. The molecule has 0 unspecified atom stereocenters. The van der Waals surface area contributed by atoms with E-state index in [0.29, 0.717) is 34.6 Å². The van der Waals surface area contributed by atoms with Crippen molar-refractivity contribution in [3.63, 3.8) is 0 Å². The highest BCUT2D eigenvalue weighted by atomic mass is 35.5. The fourth-order valence-corrected chi connectivity index (χ4v) is 2.86. The molecule has 6 nitrogen and oxygen atoms in total. The first-order valence-electron chi connectivity index (χ1n) is 8.83. The molecule has 2 N–H and O–H groups in total. The molecule has 0 spiro atoms. The van der Waals surface area contributed by atoms with Crippen molar-refractivity contribution in [1.82, 2.24) is 9.97 Å². The third-order valence-corrected chi connectivity index (χ3v) is 4.26. The van der Waals surface area contributed by atoms with E-state index >= 15 is 0 Å². The molecule has 1 aromatic heterocycles. The lowest BCUT2D eigenvalue weighted by atomic mass is 10.1. The predicted molar refractivity (Wildman–Crippen MR) is 111 cm³/mol.